The van der Waals surface area contributed by atoms with Gasteiger partial charge in [-0.05, 0) is 36.8 Å². The van der Waals surface area contributed by atoms with Crippen molar-refractivity contribution in [2.75, 3.05) is 18.0 Å². The Morgan fingerprint density at radius 2 is 2.11 bits per heavy atom. The molecule has 1 aliphatic heterocycles. The minimum atomic E-state index is 0.0360. The zero-order valence-corrected chi connectivity index (χ0v) is 11.2. The molecule has 1 fully saturated rings. The van der Waals surface area contributed by atoms with Crippen LogP contribution in [0.3, 0.4) is 0 Å². The third-order valence-electron chi connectivity index (χ3n) is 3.87. The fourth-order valence-electron chi connectivity index (χ4n) is 2.59. The van der Waals surface area contributed by atoms with Crippen molar-refractivity contribution >= 4 is 11.5 Å². The van der Waals surface area contributed by atoms with Crippen LogP contribution in [0.5, 0.6) is 0 Å². The fourth-order valence-corrected chi connectivity index (χ4v) is 2.59. The molecule has 4 nitrogen and oxygen atoms in total. The summed E-state index contributed by atoms with van der Waals surface area (Å²) in [7, 11) is 0. The summed E-state index contributed by atoms with van der Waals surface area (Å²) >= 11 is 0. The van der Waals surface area contributed by atoms with Crippen LogP contribution in [0, 0.1) is 17.2 Å². The van der Waals surface area contributed by atoms with Crippen LogP contribution in [0.2, 0.25) is 0 Å². The van der Waals surface area contributed by atoms with Gasteiger partial charge in [0.1, 0.15) is 11.5 Å². The van der Waals surface area contributed by atoms with Gasteiger partial charge in [0, 0.05) is 25.0 Å². The molecule has 0 radical (unpaired) electrons. The highest BCUT2D eigenvalue weighted by molar-refractivity contribution is 5.93. The standard InChI is InChI=1S/C14H22N4/c1-10(2)11-4-7-18(8-5-11)12-3-6-17-13(9-12)14(15)16/h3,6,9-11H,4-5,7-8H2,1-2H3,(H3,15,16). The van der Waals surface area contributed by atoms with Gasteiger partial charge in [-0.2, -0.15) is 0 Å². The van der Waals surface area contributed by atoms with Gasteiger partial charge in [-0.1, -0.05) is 13.8 Å². The van der Waals surface area contributed by atoms with Crippen molar-refractivity contribution in [1.82, 2.24) is 4.98 Å². The largest absolute Gasteiger partial charge is 0.382 e. The summed E-state index contributed by atoms with van der Waals surface area (Å²) < 4.78 is 0. The van der Waals surface area contributed by atoms with Gasteiger partial charge < -0.3 is 10.6 Å². The molecule has 1 aromatic heterocycles. The van der Waals surface area contributed by atoms with Crippen molar-refractivity contribution in [2.24, 2.45) is 17.6 Å². The molecule has 0 atom stereocenters. The number of hydrogen-bond acceptors (Lipinski definition) is 3. The van der Waals surface area contributed by atoms with Crippen LogP contribution < -0.4 is 10.6 Å². The monoisotopic (exact) mass is 246 g/mol. The van der Waals surface area contributed by atoms with Gasteiger partial charge in [-0.25, -0.2) is 0 Å². The van der Waals surface area contributed by atoms with Crippen LogP contribution in [0.15, 0.2) is 18.3 Å². The van der Waals surface area contributed by atoms with Crippen molar-refractivity contribution < 1.29 is 0 Å². The number of rotatable bonds is 3. The average molecular weight is 246 g/mol. The number of piperidine rings is 1. The summed E-state index contributed by atoms with van der Waals surface area (Å²) in [4.78, 5) is 6.47. The lowest BCUT2D eigenvalue weighted by Gasteiger charge is -2.35. The van der Waals surface area contributed by atoms with Gasteiger partial charge in [0.15, 0.2) is 0 Å². The maximum Gasteiger partial charge on any atom is 0.141 e. The van der Waals surface area contributed by atoms with Gasteiger partial charge in [0.25, 0.3) is 0 Å². The molecule has 98 valence electrons. The molecule has 3 N–H and O–H groups in total. The number of anilines is 1. The Hall–Kier alpha value is -1.58. The topological polar surface area (TPSA) is 66.0 Å². The smallest absolute Gasteiger partial charge is 0.141 e. The zero-order chi connectivity index (χ0) is 13.1. The Labute approximate surface area is 109 Å². The van der Waals surface area contributed by atoms with Crippen LogP contribution >= 0.6 is 0 Å². The number of nitrogen functional groups attached to an aromatic ring is 1. The van der Waals surface area contributed by atoms with E-state index in [2.05, 4.69) is 23.7 Å². The number of nitrogens with zero attached hydrogens (tertiary/aromatic N) is 2. The quantitative estimate of drug-likeness (QED) is 0.635. The number of nitrogens with two attached hydrogens (primary N) is 1. The molecule has 0 amide bonds. The summed E-state index contributed by atoms with van der Waals surface area (Å²) in [5.41, 5.74) is 7.18. The molecule has 2 heterocycles. The molecule has 18 heavy (non-hydrogen) atoms. The summed E-state index contributed by atoms with van der Waals surface area (Å²) in [5.74, 6) is 1.65. The molecule has 4 heteroatoms. The number of nitrogens with one attached hydrogen (secondary N) is 1. The molecule has 0 aromatic carbocycles. The van der Waals surface area contributed by atoms with E-state index in [1.165, 1.54) is 12.8 Å². The fraction of sp³-hybridized carbons (Fsp3) is 0.571. The molecule has 2 rings (SSSR count). The summed E-state index contributed by atoms with van der Waals surface area (Å²) in [5, 5.41) is 7.43. The number of amidine groups is 1. The second-order valence-electron chi connectivity index (χ2n) is 5.38. The normalized spacial score (nSPS) is 17.2. The summed E-state index contributed by atoms with van der Waals surface area (Å²) in [6.45, 7) is 6.79. The Bertz CT molecular complexity index is 420. The lowest BCUT2D eigenvalue weighted by molar-refractivity contribution is 0.311. The van der Waals surface area contributed by atoms with Gasteiger partial charge in [0.05, 0.1) is 0 Å². The first kappa shape index (κ1) is 12.9. The third kappa shape index (κ3) is 2.81. The molecule has 1 aliphatic rings. The van der Waals surface area contributed by atoms with Gasteiger partial charge in [0.2, 0.25) is 0 Å². The van der Waals surface area contributed by atoms with Crippen LogP contribution in [0.1, 0.15) is 32.4 Å². The lowest BCUT2D eigenvalue weighted by Crippen LogP contribution is -2.35. The third-order valence-corrected chi connectivity index (χ3v) is 3.87. The summed E-state index contributed by atoms with van der Waals surface area (Å²) in [6.07, 6.45) is 4.23. The van der Waals surface area contributed by atoms with Gasteiger partial charge in [-0.3, -0.25) is 10.4 Å². The maximum absolute atomic E-state index is 7.43. The SMILES string of the molecule is CC(C)C1CCN(c2ccnc(C(=N)N)c2)CC1. The molecule has 0 unspecified atom stereocenters. The molecule has 0 spiro atoms. The van der Waals surface area contributed by atoms with Crippen molar-refractivity contribution in [1.29, 1.82) is 5.41 Å². The predicted molar refractivity (Wildman–Crippen MR) is 75.0 cm³/mol. The Kier molecular flexibility index (Phi) is 3.84. The zero-order valence-electron chi connectivity index (χ0n) is 11.2. The van der Waals surface area contributed by atoms with E-state index in [1.807, 2.05) is 12.1 Å². The number of aromatic nitrogens is 1. The van der Waals surface area contributed by atoms with E-state index in [9.17, 15) is 0 Å². The number of pyridine rings is 1. The van der Waals surface area contributed by atoms with E-state index in [0.29, 0.717) is 5.69 Å². The van der Waals surface area contributed by atoms with Gasteiger partial charge in [-0.15, -0.1) is 0 Å². The summed E-state index contributed by atoms with van der Waals surface area (Å²) in [6, 6.07) is 3.92. The van der Waals surface area contributed by atoms with E-state index in [4.69, 9.17) is 11.1 Å². The molecular formula is C14H22N4. The van der Waals surface area contributed by atoms with Crippen LogP contribution in [-0.2, 0) is 0 Å². The average Bonchev–Trinajstić information content (AvgIpc) is 2.39. The lowest BCUT2D eigenvalue weighted by atomic mass is 9.86. The highest BCUT2D eigenvalue weighted by Gasteiger charge is 2.21. The van der Waals surface area contributed by atoms with E-state index >= 15 is 0 Å². The second kappa shape index (κ2) is 5.38. The Morgan fingerprint density at radius 1 is 1.44 bits per heavy atom. The van der Waals surface area contributed by atoms with Crippen molar-refractivity contribution in [2.45, 2.75) is 26.7 Å². The first-order valence-electron chi connectivity index (χ1n) is 6.63. The van der Waals surface area contributed by atoms with Crippen LogP contribution in [-0.4, -0.2) is 23.9 Å². The van der Waals surface area contributed by atoms with Crippen molar-refractivity contribution in [3.8, 4) is 0 Å². The maximum atomic E-state index is 7.43. The van der Waals surface area contributed by atoms with Crippen LogP contribution in [0.4, 0.5) is 5.69 Å². The molecule has 1 aromatic rings. The van der Waals surface area contributed by atoms with Crippen molar-refractivity contribution in [3.05, 3.63) is 24.0 Å². The van der Waals surface area contributed by atoms with E-state index in [-0.39, 0.29) is 5.84 Å². The van der Waals surface area contributed by atoms with E-state index in [1.54, 1.807) is 6.20 Å². The van der Waals surface area contributed by atoms with Crippen LogP contribution in [0.25, 0.3) is 0 Å². The highest BCUT2D eigenvalue weighted by Crippen LogP contribution is 2.27. The van der Waals surface area contributed by atoms with Crippen molar-refractivity contribution in [3.63, 3.8) is 0 Å². The molecule has 0 bridgehead atoms. The Morgan fingerprint density at radius 3 is 2.67 bits per heavy atom. The molecule has 0 saturated carbocycles. The highest BCUT2D eigenvalue weighted by atomic mass is 15.1. The van der Waals surface area contributed by atoms with Gasteiger partial charge >= 0.3 is 0 Å². The molecule has 1 saturated heterocycles. The van der Waals surface area contributed by atoms with E-state index < -0.39 is 0 Å². The predicted octanol–water partition coefficient (Wildman–Crippen LogP) is 2.24. The first-order valence-corrected chi connectivity index (χ1v) is 6.63. The minimum Gasteiger partial charge on any atom is -0.382 e. The second-order valence-corrected chi connectivity index (χ2v) is 5.38. The molecule has 0 aliphatic carbocycles. The minimum absolute atomic E-state index is 0.0360. The molecular weight excluding hydrogens is 224 g/mol. The Balaban J connectivity index is 2.05. The van der Waals surface area contributed by atoms with E-state index in [0.717, 1.165) is 30.6 Å². The first-order chi connectivity index (χ1) is 8.58. The number of hydrogen-bond donors (Lipinski definition) is 2.